The number of aliphatic carboxylic acids is 2. The molecule has 0 aromatic heterocycles. The molecule has 1 aliphatic rings. The van der Waals surface area contributed by atoms with Gasteiger partial charge in [-0.15, -0.1) is 0 Å². The normalized spacial score (nSPS) is 23.3. The summed E-state index contributed by atoms with van der Waals surface area (Å²) in [6, 6.07) is -0.139. The average molecular weight is 395 g/mol. The van der Waals surface area contributed by atoms with E-state index in [2.05, 4.69) is 0 Å². The summed E-state index contributed by atoms with van der Waals surface area (Å²) in [5.74, 6) is -3.25. The first kappa shape index (κ1) is 17.0. The van der Waals surface area contributed by atoms with Gasteiger partial charge in [0.15, 0.2) is 0 Å². The van der Waals surface area contributed by atoms with Crippen molar-refractivity contribution in [1.82, 2.24) is 0 Å². The van der Waals surface area contributed by atoms with Crippen LogP contribution in [-0.4, -0.2) is 24.0 Å². The van der Waals surface area contributed by atoms with E-state index in [-0.39, 0.29) is 33.1 Å². The molecular weight excluding hydrogens is 383 g/mol. The van der Waals surface area contributed by atoms with Crippen molar-refractivity contribution in [2.75, 3.05) is 0 Å². The van der Waals surface area contributed by atoms with Crippen molar-refractivity contribution in [3.63, 3.8) is 0 Å². The van der Waals surface area contributed by atoms with Crippen LogP contribution in [0.3, 0.4) is 0 Å². The molecule has 0 saturated heterocycles. The zero-order valence-electron chi connectivity index (χ0n) is 7.93. The minimum atomic E-state index is -1.63. The van der Waals surface area contributed by atoms with Gasteiger partial charge >= 0.3 is 21.1 Å². The topological polar surface area (TPSA) is 128 Å². The van der Waals surface area contributed by atoms with Crippen molar-refractivity contribution < 1.29 is 40.9 Å². The molecular formula is C8H12N2O4Pt. The van der Waals surface area contributed by atoms with E-state index in [1.54, 1.807) is 0 Å². The zero-order chi connectivity index (χ0) is 11.1. The van der Waals surface area contributed by atoms with Crippen LogP contribution >= 0.6 is 0 Å². The van der Waals surface area contributed by atoms with Gasteiger partial charge in [-0.1, -0.05) is 19.3 Å². The molecule has 0 heterocycles. The molecule has 1 fully saturated rings. The Kier molecular flexibility index (Phi) is 9.98. The van der Waals surface area contributed by atoms with Gasteiger partial charge in [0, 0.05) is 18.4 Å². The van der Waals surface area contributed by atoms with Crippen LogP contribution < -0.4 is 10.2 Å². The van der Waals surface area contributed by atoms with Gasteiger partial charge in [-0.3, -0.25) is 0 Å². The van der Waals surface area contributed by atoms with Gasteiger partial charge in [-0.2, -0.15) is 12.1 Å². The number of carbonyl (C=O) groups is 2. The van der Waals surface area contributed by atoms with Crippen LogP contribution in [0.5, 0.6) is 0 Å². The van der Waals surface area contributed by atoms with E-state index in [0.29, 0.717) is 0 Å². The third-order valence-corrected chi connectivity index (χ3v) is 1.80. The summed E-state index contributed by atoms with van der Waals surface area (Å²) in [5.41, 5.74) is 14.3. The summed E-state index contributed by atoms with van der Waals surface area (Å²) in [4.78, 5) is 18.6. The predicted molar refractivity (Wildman–Crippen MR) is 44.7 cm³/mol. The Hall–Kier alpha value is -0.452. The monoisotopic (exact) mass is 395 g/mol. The molecule has 2 N–H and O–H groups in total. The smallest absolute Gasteiger partial charge is 0.676 e. The molecule has 2 unspecified atom stereocenters. The van der Waals surface area contributed by atoms with Gasteiger partial charge in [0.2, 0.25) is 0 Å². The van der Waals surface area contributed by atoms with E-state index in [1.165, 1.54) is 0 Å². The minimum Gasteiger partial charge on any atom is -0.676 e. The van der Waals surface area contributed by atoms with Crippen molar-refractivity contribution >= 4 is 11.9 Å². The second-order valence-corrected chi connectivity index (χ2v) is 3.06. The molecule has 0 radical (unpaired) electrons. The molecule has 0 aromatic carbocycles. The van der Waals surface area contributed by atoms with Crippen LogP contribution in [0.25, 0.3) is 11.5 Å². The van der Waals surface area contributed by atoms with Crippen molar-refractivity contribution in [2.45, 2.75) is 37.8 Å². The first-order valence-corrected chi connectivity index (χ1v) is 4.25. The number of carbonyl (C=O) groups excluding carboxylic acids is 2. The zero-order valence-corrected chi connectivity index (χ0v) is 10.2. The third-order valence-electron chi connectivity index (χ3n) is 1.80. The van der Waals surface area contributed by atoms with Gasteiger partial charge in [-0.25, -0.2) is 0 Å². The third kappa shape index (κ3) is 9.84. The molecule has 7 heteroatoms. The molecule has 6 nitrogen and oxygen atoms in total. The van der Waals surface area contributed by atoms with Gasteiger partial charge in [-0.05, 0) is 0 Å². The second kappa shape index (κ2) is 8.82. The van der Waals surface area contributed by atoms with Crippen LogP contribution in [0.2, 0.25) is 0 Å². The number of rotatable bonds is 2. The Morgan fingerprint density at radius 3 is 1.47 bits per heavy atom. The van der Waals surface area contributed by atoms with Gasteiger partial charge in [0.05, 0.1) is 0 Å². The van der Waals surface area contributed by atoms with Crippen molar-refractivity contribution in [3.8, 4) is 0 Å². The molecule has 0 amide bonds. The quantitative estimate of drug-likeness (QED) is 0.549. The van der Waals surface area contributed by atoms with Crippen LogP contribution in [0.15, 0.2) is 0 Å². The Morgan fingerprint density at radius 1 is 1.07 bits per heavy atom. The Morgan fingerprint density at radius 2 is 1.40 bits per heavy atom. The predicted octanol–water partition coefficient (Wildman–Crippen LogP) is -1.11. The first-order chi connectivity index (χ1) is 6.43. The van der Waals surface area contributed by atoms with Crippen LogP contribution in [-0.2, 0) is 30.7 Å². The van der Waals surface area contributed by atoms with Gasteiger partial charge < -0.3 is 31.3 Å². The molecule has 0 aliphatic heterocycles. The van der Waals surface area contributed by atoms with Crippen LogP contribution in [0.1, 0.15) is 25.7 Å². The van der Waals surface area contributed by atoms with Crippen LogP contribution in [0, 0.1) is 0 Å². The van der Waals surface area contributed by atoms with E-state index in [9.17, 15) is 19.8 Å². The van der Waals surface area contributed by atoms with Gasteiger partial charge in [0.25, 0.3) is 0 Å². The van der Waals surface area contributed by atoms with Gasteiger partial charge in [0.1, 0.15) is 0 Å². The Bertz CT molecular complexity index is 193. The van der Waals surface area contributed by atoms with Crippen molar-refractivity contribution in [2.24, 2.45) is 0 Å². The molecule has 1 saturated carbocycles. The number of hydrogen-bond acceptors (Lipinski definition) is 4. The molecule has 2 atom stereocenters. The Labute approximate surface area is 102 Å². The maximum absolute atomic E-state index is 9.28. The van der Waals surface area contributed by atoms with Crippen molar-refractivity contribution in [3.05, 3.63) is 11.5 Å². The molecule has 1 rings (SSSR count). The van der Waals surface area contributed by atoms with E-state index < -0.39 is 18.4 Å². The fourth-order valence-electron chi connectivity index (χ4n) is 1.08. The minimum absolute atomic E-state index is 0. The standard InChI is InChI=1S/C5H10N2.C3H4O4.Pt/c6-4-2-1-3-5(4)7;4-2(5)1-3(6)7;/h4-7H,1-3H2;1H2,(H,4,5)(H,6,7);/q-2;;+4/p-2. The number of hydrogen-bond donors (Lipinski definition) is 0. The average Bonchev–Trinajstić information content (AvgIpc) is 2.34. The molecule has 0 spiro atoms. The van der Waals surface area contributed by atoms with E-state index >= 15 is 0 Å². The summed E-state index contributed by atoms with van der Waals surface area (Å²) in [5, 5.41) is 18.6. The largest absolute Gasteiger partial charge is 4.00 e. The van der Waals surface area contributed by atoms with E-state index in [0.717, 1.165) is 19.3 Å². The first-order valence-electron chi connectivity index (χ1n) is 4.25. The summed E-state index contributed by atoms with van der Waals surface area (Å²) in [6.45, 7) is 0. The molecule has 15 heavy (non-hydrogen) atoms. The van der Waals surface area contributed by atoms with Crippen LogP contribution in [0.4, 0.5) is 0 Å². The number of nitrogens with one attached hydrogen (secondary N) is 2. The maximum atomic E-state index is 9.28. The molecule has 0 aromatic rings. The summed E-state index contributed by atoms with van der Waals surface area (Å²) >= 11 is 0. The summed E-state index contributed by atoms with van der Waals surface area (Å²) < 4.78 is 0. The van der Waals surface area contributed by atoms with E-state index in [4.69, 9.17) is 11.5 Å². The number of carboxylic acids is 2. The summed E-state index contributed by atoms with van der Waals surface area (Å²) in [7, 11) is 0. The maximum Gasteiger partial charge on any atom is 4.00 e. The second-order valence-electron chi connectivity index (χ2n) is 3.06. The summed E-state index contributed by atoms with van der Waals surface area (Å²) in [6.07, 6.45) is 1.98. The fourth-order valence-corrected chi connectivity index (χ4v) is 1.08. The molecule has 1 aliphatic carbocycles. The number of carboxylic acid groups (broad SMARTS) is 2. The SMILES string of the molecule is O=C([O-])CC(=O)[O-].[NH-]C1CCCC1[NH-].[Pt+4]. The molecule has 88 valence electrons. The molecule has 0 bridgehead atoms. The van der Waals surface area contributed by atoms with E-state index in [1.807, 2.05) is 0 Å². The fraction of sp³-hybridized carbons (Fsp3) is 0.750. The Balaban J connectivity index is 0. The van der Waals surface area contributed by atoms with Crippen molar-refractivity contribution in [1.29, 1.82) is 0 Å².